The number of ether oxygens (including phenoxy) is 1. The fourth-order valence-corrected chi connectivity index (χ4v) is 4.79. The SMILES string of the molecule is CC(=O)N1CCN(c2ccc(Oc3ncnc4scc(-c5ccc(F)cc5)c34)cc2)CC1. The van der Waals surface area contributed by atoms with E-state index < -0.39 is 0 Å². The van der Waals surface area contributed by atoms with Crippen molar-refractivity contribution in [2.45, 2.75) is 6.92 Å². The number of nitrogens with zero attached hydrogens (tertiary/aromatic N) is 4. The van der Waals surface area contributed by atoms with Gasteiger partial charge < -0.3 is 14.5 Å². The molecule has 3 heterocycles. The molecule has 2 aromatic carbocycles. The zero-order valence-electron chi connectivity index (χ0n) is 17.5. The number of thiophene rings is 1. The van der Waals surface area contributed by atoms with Crippen molar-refractivity contribution in [1.29, 1.82) is 0 Å². The summed E-state index contributed by atoms with van der Waals surface area (Å²) in [4.78, 5) is 25.2. The summed E-state index contributed by atoms with van der Waals surface area (Å²) in [7, 11) is 0. The van der Waals surface area contributed by atoms with Gasteiger partial charge in [-0.1, -0.05) is 12.1 Å². The van der Waals surface area contributed by atoms with Crippen LogP contribution in [-0.4, -0.2) is 47.0 Å². The normalized spacial score (nSPS) is 14.1. The van der Waals surface area contributed by atoms with Crippen LogP contribution >= 0.6 is 11.3 Å². The molecule has 0 unspecified atom stereocenters. The Bertz CT molecular complexity index is 1250. The predicted octanol–water partition coefficient (Wildman–Crippen LogP) is 4.96. The molecule has 1 aliphatic heterocycles. The maximum Gasteiger partial charge on any atom is 0.231 e. The fourth-order valence-electron chi connectivity index (χ4n) is 3.88. The first kappa shape index (κ1) is 20.4. The summed E-state index contributed by atoms with van der Waals surface area (Å²) >= 11 is 1.50. The maximum absolute atomic E-state index is 13.4. The van der Waals surface area contributed by atoms with Crippen molar-refractivity contribution < 1.29 is 13.9 Å². The Morgan fingerprint density at radius 2 is 1.72 bits per heavy atom. The quantitative estimate of drug-likeness (QED) is 0.442. The minimum absolute atomic E-state index is 0.123. The molecule has 1 saturated heterocycles. The first-order chi connectivity index (χ1) is 15.6. The number of carbonyl (C=O) groups excluding carboxylic acids is 1. The number of anilines is 1. The third-order valence-electron chi connectivity index (χ3n) is 5.63. The summed E-state index contributed by atoms with van der Waals surface area (Å²) in [5, 5.41) is 2.80. The van der Waals surface area contributed by atoms with E-state index in [0.29, 0.717) is 11.6 Å². The smallest absolute Gasteiger partial charge is 0.231 e. The Morgan fingerprint density at radius 1 is 1.00 bits per heavy atom. The van der Waals surface area contributed by atoms with Crippen molar-refractivity contribution in [3.63, 3.8) is 0 Å². The van der Waals surface area contributed by atoms with Crippen LogP contribution in [0.2, 0.25) is 0 Å². The Kier molecular flexibility index (Phi) is 5.45. The van der Waals surface area contributed by atoms with E-state index in [0.717, 1.165) is 53.2 Å². The number of aromatic nitrogens is 2. The monoisotopic (exact) mass is 448 g/mol. The number of fused-ring (bicyclic) bond motifs is 1. The van der Waals surface area contributed by atoms with Crippen LogP contribution in [0.25, 0.3) is 21.3 Å². The number of halogens is 1. The minimum atomic E-state index is -0.274. The molecule has 1 fully saturated rings. The number of hydrogen-bond donors (Lipinski definition) is 0. The molecule has 1 amide bonds. The van der Waals surface area contributed by atoms with E-state index in [4.69, 9.17) is 4.74 Å². The first-order valence-electron chi connectivity index (χ1n) is 10.3. The molecule has 2 aromatic heterocycles. The lowest BCUT2D eigenvalue weighted by atomic mass is 10.1. The molecule has 0 radical (unpaired) electrons. The highest BCUT2D eigenvalue weighted by Crippen LogP contribution is 2.39. The third kappa shape index (κ3) is 4.01. The van der Waals surface area contributed by atoms with Gasteiger partial charge in [0, 0.05) is 49.7 Å². The summed E-state index contributed by atoms with van der Waals surface area (Å²) in [6.45, 7) is 4.69. The van der Waals surface area contributed by atoms with Gasteiger partial charge in [-0.05, 0) is 42.0 Å². The van der Waals surface area contributed by atoms with Crippen molar-refractivity contribution in [2.24, 2.45) is 0 Å². The third-order valence-corrected chi connectivity index (χ3v) is 6.52. The van der Waals surface area contributed by atoms with Crippen LogP contribution in [0.1, 0.15) is 6.92 Å². The van der Waals surface area contributed by atoms with Gasteiger partial charge in [0.25, 0.3) is 0 Å². The molecule has 1 aliphatic rings. The van der Waals surface area contributed by atoms with Gasteiger partial charge in [-0.25, -0.2) is 14.4 Å². The Morgan fingerprint density at radius 3 is 2.41 bits per heavy atom. The van der Waals surface area contributed by atoms with Gasteiger partial charge in [0.15, 0.2) is 0 Å². The van der Waals surface area contributed by atoms with E-state index in [1.807, 2.05) is 34.5 Å². The van der Waals surface area contributed by atoms with Gasteiger partial charge in [-0.15, -0.1) is 11.3 Å². The number of benzene rings is 2. The highest BCUT2D eigenvalue weighted by atomic mass is 32.1. The lowest BCUT2D eigenvalue weighted by Crippen LogP contribution is -2.48. The summed E-state index contributed by atoms with van der Waals surface area (Å²) < 4.78 is 19.5. The molecule has 8 heteroatoms. The van der Waals surface area contributed by atoms with Crippen molar-refractivity contribution >= 4 is 33.1 Å². The standard InChI is InChI=1S/C24H21FN4O2S/c1-16(30)28-10-12-29(13-11-28)19-6-8-20(9-7-19)31-23-22-21(14-32-24(22)27-15-26-23)17-2-4-18(25)5-3-17/h2-9,14-15H,10-13H2,1H3. The number of amides is 1. The largest absolute Gasteiger partial charge is 0.438 e. The fraction of sp³-hybridized carbons (Fsp3) is 0.208. The van der Waals surface area contributed by atoms with Gasteiger partial charge in [0.1, 0.15) is 22.7 Å². The van der Waals surface area contributed by atoms with Crippen LogP contribution in [0.5, 0.6) is 11.6 Å². The second-order valence-corrected chi connectivity index (χ2v) is 8.46. The molecule has 0 saturated carbocycles. The summed E-state index contributed by atoms with van der Waals surface area (Å²) in [6.07, 6.45) is 1.49. The Labute approximate surface area is 188 Å². The van der Waals surface area contributed by atoms with Gasteiger partial charge in [-0.2, -0.15) is 0 Å². The van der Waals surface area contributed by atoms with Crippen LogP contribution in [0, 0.1) is 5.82 Å². The molecule has 162 valence electrons. The molecule has 0 spiro atoms. The van der Waals surface area contributed by atoms with Crippen molar-refractivity contribution in [2.75, 3.05) is 31.1 Å². The van der Waals surface area contributed by atoms with Crippen molar-refractivity contribution in [3.8, 4) is 22.8 Å². The van der Waals surface area contributed by atoms with Crippen molar-refractivity contribution in [3.05, 3.63) is 66.1 Å². The number of piperazine rings is 1. The number of carbonyl (C=O) groups is 1. The molecule has 0 aliphatic carbocycles. The first-order valence-corrected chi connectivity index (χ1v) is 11.2. The molecule has 5 rings (SSSR count). The molecular formula is C24H21FN4O2S. The van der Waals surface area contributed by atoms with Crippen LogP contribution in [0.15, 0.2) is 60.2 Å². The molecule has 0 bridgehead atoms. The maximum atomic E-state index is 13.4. The molecular weight excluding hydrogens is 427 g/mol. The van der Waals surface area contributed by atoms with E-state index in [2.05, 4.69) is 14.9 Å². The van der Waals surface area contributed by atoms with Crippen molar-refractivity contribution in [1.82, 2.24) is 14.9 Å². The summed E-state index contributed by atoms with van der Waals surface area (Å²) in [5.74, 6) is 0.993. The number of hydrogen-bond acceptors (Lipinski definition) is 6. The minimum Gasteiger partial charge on any atom is -0.438 e. The summed E-state index contributed by atoms with van der Waals surface area (Å²) in [6, 6.07) is 14.3. The second-order valence-electron chi connectivity index (χ2n) is 7.60. The van der Waals surface area contributed by atoms with Gasteiger partial charge >= 0.3 is 0 Å². The van der Waals surface area contributed by atoms with Crippen LogP contribution in [0.4, 0.5) is 10.1 Å². The van der Waals surface area contributed by atoms with E-state index in [9.17, 15) is 9.18 Å². The lowest BCUT2D eigenvalue weighted by molar-refractivity contribution is -0.129. The second kappa shape index (κ2) is 8.55. The van der Waals surface area contributed by atoms with E-state index >= 15 is 0 Å². The molecule has 4 aromatic rings. The Balaban J connectivity index is 1.37. The average molecular weight is 449 g/mol. The van der Waals surface area contributed by atoms with Crippen LogP contribution < -0.4 is 9.64 Å². The lowest BCUT2D eigenvalue weighted by Gasteiger charge is -2.35. The van der Waals surface area contributed by atoms with E-state index in [1.54, 1.807) is 19.1 Å². The van der Waals surface area contributed by atoms with E-state index in [-0.39, 0.29) is 11.7 Å². The molecule has 32 heavy (non-hydrogen) atoms. The molecule has 6 nitrogen and oxygen atoms in total. The van der Waals surface area contributed by atoms with Crippen LogP contribution in [0.3, 0.4) is 0 Å². The molecule has 0 atom stereocenters. The van der Waals surface area contributed by atoms with Gasteiger partial charge in [0.2, 0.25) is 11.8 Å². The highest BCUT2D eigenvalue weighted by molar-refractivity contribution is 7.17. The highest BCUT2D eigenvalue weighted by Gasteiger charge is 2.19. The predicted molar refractivity (Wildman–Crippen MR) is 124 cm³/mol. The topological polar surface area (TPSA) is 58.6 Å². The molecule has 0 N–H and O–H groups in total. The van der Waals surface area contributed by atoms with Gasteiger partial charge in [0.05, 0.1) is 5.39 Å². The zero-order chi connectivity index (χ0) is 22.1. The average Bonchev–Trinajstić information content (AvgIpc) is 3.25. The van der Waals surface area contributed by atoms with Gasteiger partial charge in [-0.3, -0.25) is 4.79 Å². The Hall–Kier alpha value is -3.52. The summed E-state index contributed by atoms with van der Waals surface area (Å²) in [5.41, 5.74) is 2.90. The number of rotatable bonds is 4. The van der Waals surface area contributed by atoms with Crippen LogP contribution in [-0.2, 0) is 4.79 Å². The van der Waals surface area contributed by atoms with E-state index in [1.165, 1.54) is 29.8 Å². The zero-order valence-corrected chi connectivity index (χ0v) is 18.3.